The molecule has 4 rings (SSSR count). The summed E-state index contributed by atoms with van der Waals surface area (Å²) in [5.41, 5.74) is 3.94. The molecule has 0 aliphatic heterocycles. The highest BCUT2D eigenvalue weighted by molar-refractivity contribution is 6.36. The molecule has 2 aromatic carbocycles. The SMILES string of the molecule is N#Cc1ccc2[nH]cc(-c3cc(Cl)c4ccc(Cl)cc4n3)c2c1. The molecule has 0 atom stereocenters. The Bertz CT molecular complexity index is 1110. The molecular formula is C18H9Cl2N3. The van der Waals surface area contributed by atoms with Gasteiger partial charge in [-0.2, -0.15) is 5.26 Å². The molecule has 3 nitrogen and oxygen atoms in total. The Morgan fingerprint density at radius 1 is 1.00 bits per heavy atom. The van der Waals surface area contributed by atoms with E-state index in [0.717, 1.165) is 33.1 Å². The number of fused-ring (bicyclic) bond motifs is 2. The van der Waals surface area contributed by atoms with Crippen molar-refractivity contribution in [3.05, 3.63) is 64.3 Å². The highest BCUT2D eigenvalue weighted by Gasteiger charge is 2.11. The molecule has 0 bridgehead atoms. The normalized spacial score (nSPS) is 11.0. The van der Waals surface area contributed by atoms with Gasteiger partial charge in [0.2, 0.25) is 0 Å². The van der Waals surface area contributed by atoms with Crippen LogP contribution in [-0.2, 0) is 0 Å². The highest BCUT2D eigenvalue weighted by atomic mass is 35.5. The van der Waals surface area contributed by atoms with Crippen LogP contribution in [0.1, 0.15) is 5.56 Å². The summed E-state index contributed by atoms with van der Waals surface area (Å²) in [5.74, 6) is 0. The minimum atomic E-state index is 0.605. The predicted molar refractivity (Wildman–Crippen MR) is 93.8 cm³/mol. The fraction of sp³-hybridized carbons (Fsp3) is 0. The topological polar surface area (TPSA) is 52.5 Å². The third kappa shape index (κ3) is 2.33. The average molecular weight is 338 g/mol. The molecule has 0 aliphatic rings. The molecule has 2 heterocycles. The molecule has 0 saturated heterocycles. The van der Waals surface area contributed by atoms with Crippen molar-refractivity contribution < 1.29 is 0 Å². The van der Waals surface area contributed by atoms with Crippen molar-refractivity contribution in [2.75, 3.05) is 0 Å². The van der Waals surface area contributed by atoms with Gasteiger partial charge in [0.05, 0.1) is 27.9 Å². The second-order valence-corrected chi connectivity index (χ2v) is 6.07. The lowest BCUT2D eigenvalue weighted by atomic mass is 10.1. The first-order valence-electron chi connectivity index (χ1n) is 6.93. The van der Waals surface area contributed by atoms with Gasteiger partial charge in [-0.05, 0) is 42.5 Å². The largest absolute Gasteiger partial charge is 0.360 e. The van der Waals surface area contributed by atoms with Gasteiger partial charge < -0.3 is 4.98 Å². The molecular weight excluding hydrogens is 329 g/mol. The van der Waals surface area contributed by atoms with E-state index in [9.17, 15) is 0 Å². The second-order valence-electron chi connectivity index (χ2n) is 5.23. The lowest BCUT2D eigenvalue weighted by Crippen LogP contribution is -1.86. The summed E-state index contributed by atoms with van der Waals surface area (Å²) in [6.07, 6.45) is 1.88. The zero-order chi connectivity index (χ0) is 16.0. The number of nitriles is 1. The van der Waals surface area contributed by atoms with Crippen LogP contribution in [0.2, 0.25) is 10.0 Å². The average Bonchev–Trinajstić information content (AvgIpc) is 2.97. The van der Waals surface area contributed by atoms with Crippen LogP contribution in [0.3, 0.4) is 0 Å². The molecule has 0 saturated carbocycles. The fourth-order valence-electron chi connectivity index (χ4n) is 2.70. The first kappa shape index (κ1) is 14.1. The van der Waals surface area contributed by atoms with Gasteiger partial charge in [-0.25, -0.2) is 4.98 Å². The van der Waals surface area contributed by atoms with Crippen molar-refractivity contribution in [3.8, 4) is 17.3 Å². The van der Waals surface area contributed by atoms with Crippen LogP contribution < -0.4 is 0 Å². The molecule has 2 aromatic heterocycles. The van der Waals surface area contributed by atoms with E-state index in [0.29, 0.717) is 15.6 Å². The Kier molecular flexibility index (Phi) is 3.23. The zero-order valence-corrected chi connectivity index (χ0v) is 13.3. The maximum atomic E-state index is 9.10. The first-order chi connectivity index (χ1) is 11.2. The minimum absolute atomic E-state index is 0.605. The van der Waals surface area contributed by atoms with Gasteiger partial charge in [-0.1, -0.05) is 23.2 Å². The van der Waals surface area contributed by atoms with Crippen LogP contribution in [0, 0.1) is 11.3 Å². The number of aromatic nitrogens is 2. The van der Waals surface area contributed by atoms with Gasteiger partial charge in [0, 0.05) is 33.1 Å². The summed E-state index contributed by atoms with van der Waals surface area (Å²) in [6, 6.07) is 15.0. The smallest absolute Gasteiger partial charge is 0.0991 e. The highest BCUT2D eigenvalue weighted by Crippen LogP contribution is 2.33. The predicted octanol–water partition coefficient (Wildman–Crippen LogP) is 5.56. The van der Waals surface area contributed by atoms with Crippen LogP contribution in [0.15, 0.2) is 48.7 Å². The third-order valence-electron chi connectivity index (χ3n) is 3.81. The molecule has 5 heteroatoms. The van der Waals surface area contributed by atoms with Crippen molar-refractivity contribution in [1.82, 2.24) is 9.97 Å². The van der Waals surface area contributed by atoms with E-state index < -0.39 is 0 Å². The number of pyridine rings is 1. The quantitative estimate of drug-likeness (QED) is 0.494. The van der Waals surface area contributed by atoms with E-state index in [2.05, 4.69) is 16.0 Å². The Hall–Kier alpha value is -2.54. The van der Waals surface area contributed by atoms with Crippen molar-refractivity contribution >= 4 is 45.0 Å². The van der Waals surface area contributed by atoms with Gasteiger partial charge in [0.1, 0.15) is 0 Å². The lowest BCUT2D eigenvalue weighted by molar-refractivity contribution is 1.40. The third-order valence-corrected chi connectivity index (χ3v) is 4.36. The second kappa shape index (κ2) is 5.27. The van der Waals surface area contributed by atoms with E-state index in [1.165, 1.54) is 0 Å². The van der Waals surface area contributed by atoms with Crippen molar-refractivity contribution in [2.45, 2.75) is 0 Å². The number of halogens is 2. The number of aromatic amines is 1. The summed E-state index contributed by atoms with van der Waals surface area (Å²) in [5, 5.41) is 12.1. The number of H-pyrrole nitrogens is 1. The summed E-state index contributed by atoms with van der Waals surface area (Å²) in [7, 11) is 0. The summed E-state index contributed by atoms with van der Waals surface area (Å²) >= 11 is 12.5. The van der Waals surface area contributed by atoms with E-state index in [1.54, 1.807) is 18.2 Å². The van der Waals surface area contributed by atoms with Crippen LogP contribution in [0.5, 0.6) is 0 Å². The fourth-order valence-corrected chi connectivity index (χ4v) is 3.13. The molecule has 110 valence electrons. The van der Waals surface area contributed by atoms with E-state index in [1.807, 2.05) is 30.5 Å². The lowest BCUT2D eigenvalue weighted by Gasteiger charge is -2.05. The Morgan fingerprint density at radius 3 is 2.70 bits per heavy atom. The molecule has 0 spiro atoms. The van der Waals surface area contributed by atoms with Gasteiger partial charge in [-0.3, -0.25) is 0 Å². The Labute approximate surface area is 142 Å². The van der Waals surface area contributed by atoms with Crippen molar-refractivity contribution in [2.24, 2.45) is 0 Å². The standard InChI is InChI=1S/C18H9Cl2N3/c19-11-2-3-12-15(20)7-18(23-17(12)6-11)14-9-22-16-4-1-10(8-21)5-13(14)16/h1-7,9,22H. The zero-order valence-electron chi connectivity index (χ0n) is 11.8. The van der Waals surface area contributed by atoms with Crippen LogP contribution >= 0.6 is 23.2 Å². The summed E-state index contributed by atoms with van der Waals surface area (Å²) < 4.78 is 0. The molecule has 0 amide bonds. The number of nitrogens with one attached hydrogen (secondary N) is 1. The van der Waals surface area contributed by atoms with Gasteiger partial charge >= 0.3 is 0 Å². The molecule has 4 aromatic rings. The number of benzene rings is 2. The van der Waals surface area contributed by atoms with Crippen molar-refractivity contribution in [3.63, 3.8) is 0 Å². The maximum absolute atomic E-state index is 9.10. The first-order valence-corrected chi connectivity index (χ1v) is 7.69. The monoisotopic (exact) mass is 337 g/mol. The van der Waals surface area contributed by atoms with Gasteiger partial charge in [0.15, 0.2) is 0 Å². The summed E-state index contributed by atoms with van der Waals surface area (Å²) in [6.45, 7) is 0. The van der Waals surface area contributed by atoms with E-state index >= 15 is 0 Å². The van der Waals surface area contributed by atoms with Gasteiger partial charge in [-0.15, -0.1) is 0 Å². The molecule has 0 radical (unpaired) electrons. The van der Waals surface area contributed by atoms with Crippen LogP contribution in [-0.4, -0.2) is 9.97 Å². The minimum Gasteiger partial charge on any atom is -0.360 e. The maximum Gasteiger partial charge on any atom is 0.0991 e. The number of hydrogen-bond donors (Lipinski definition) is 1. The molecule has 0 fully saturated rings. The Balaban J connectivity index is 2.01. The molecule has 1 N–H and O–H groups in total. The molecule has 0 aliphatic carbocycles. The van der Waals surface area contributed by atoms with E-state index in [-0.39, 0.29) is 0 Å². The van der Waals surface area contributed by atoms with Crippen LogP contribution in [0.4, 0.5) is 0 Å². The number of hydrogen-bond acceptors (Lipinski definition) is 2. The van der Waals surface area contributed by atoms with E-state index in [4.69, 9.17) is 28.5 Å². The molecule has 0 unspecified atom stereocenters. The number of nitrogens with zero attached hydrogens (tertiary/aromatic N) is 2. The van der Waals surface area contributed by atoms with Gasteiger partial charge in [0.25, 0.3) is 0 Å². The number of rotatable bonds is 1. The summed E-state index contributed by atoms with van der Waals surface area (Å²) in [4.78, 5) is 7.87. The van der Waals surface area contributed by atoms with Crippen molar-refractivity contribution in [1.29, 1.82) is 5.26 Å². The molecule has 23 heavy (non-hydrogen) atoms. The Morgan fingerprint density at radius 2 is 1.87 bits per heavy atom. The van der Waals surface area contributed by atoms with Crippen LogP contribution in [0.25, 0.3) is 33.1 Å².